The average Bonchev–Trinajstić information content (AvgIpc) is 2.42. The number of rotatable bonds is 3. The number of carbonyl (C=O) groups excluding carboxylic acids is 1. The van der Waals surface area contributed by atoms with Crippen molar-refractivity contribution in [1.82, 2.24) is 0 Å². The second kappa shape index (κ2) is 5.45. The van der Waals surface area contributed by atoms with Gasteiger partial charge in [-0.3, -0.25) is 4.79 Å². The number of ether oxygens (including phenoxy) is 1. The Kier molecular flexibility index (Phi) is 3.91. The van der Waals surface area contributed by atoms with E-state index in [-0.39, 0.29) is 5.78 Å². The van der Waals surface area contributed by atoms with Crippen LogP contribution in [0, 0.1) is 13.8 Å². The SMILES string of the molecule is COc1ccccc1C(=O)c1cc(C)c(Cl)cc1C. The van der Waals surface area contributed by atoms with Crippen LogP contribution in [-0.2, 0) is 0 Å². The summed E-state index contributed by atoms with van der Waals surface area (Å²) in [6.07, 6.45) is 0. The zero-order valence-corrected chi connectivity index (χ0v) is 11.9. The second-order valence-electron chi connectivity index (χ2n) is 4.45. The molecular weight excluding hydrogens is 260 g/mol. The van der Waals surface area contributed by atoms with Crippen molar-refractivity contribution in [3.8, 4) is 5.75 Å². The first kappa shape index (κ1) is 13.6. The fourth-order valence-corrected chi connectivity index (χ4v) is 2.22. The Morgan fingerprint density at radius 1 is 1.05 bits per heavy atom. The van der Waals surface area contributed by atoms with Gasteiger partial charge in [-0.25, -0.2) is 0 Å². The van der Waals surface area contributed by atoms with Gasteiger partial charge in [0, 0.05) is 10.6 Å². The normalized spacial score (nSPS) is 10.3. The zero-order chi connectivity index (χ0) is 14.0. The monoisotopic (exact) mass is 274 g/mol. The number of halogens is 1. The van der Waals surface area contributed by atoms with Gasteiger partial charge in [-0.1, -0.05) is 23.7 Å². The summed E-state index contributed by atoms with van der Waals surface area (Å²) in [6.45, 7) is 3.77. The molecule has 0 atom stereocenters. The molecule has 0 fully saturated rings. The highest BCUT2D eigenvalue weighted by Gasteiger charge is 2.16. The Morgan fingerprint density at radius 3 is 2.42 bits per heavy atom. The van der Waals surface area contributed by atoms with Gasteiger partial charge in [0.05, 0.1) is 12.7 Å². The van der Waals surface area contributed by atoms with E-state index in [1.807, 2.05) is 38.1 Å². The standard InChI is InChI=1S/C16H15ClO2/c1-10-9-14(17)11(2)8-13(10)16(18)12-6-4-5-7-15(12)19-3/h4-9H,1-3H3. The van der Waals surface area contributed by atoms with Crippen LogP contribution in [0.4, 0.5) is 0 Å². The first-order valence-electron chi connectivity index (χ1n) is 5.99. The van der Waals surface area contributed by atoms with Gasteiger partial charge in [-0.2, -0.15) is 0 Å². The third-order valence-corrected chi connectivity index (χ3v) is 3.51. The van der Waals surface area contributed by atoms with Crippen molar-refractivity contribution in [1.29, 1.82) is 0 Å². The maximum Gasteiger partial charge on any atom is 0.197 e. The lowest BCUT2D eigenvalue weighted by atomic mass is 9.97. The summed E-state index contributed by atoms with van der Waals surface area (Å²) < 4.78 is 5.23. The predicted octanol–water partition coefficient (Wildman–Crippen LogP) is 4.20. The van der Waals surface area contributed by atoms with Crippen molar-refractivity contribution in [2.75, 3.05) is 7.11 Å². The molecule has 0 aliphatic carbocycles. The lowest BCUT2D eigenvalue weighted by Gasteiger charge is -2.10. The summed E-state index contributed by atoms with van der Waals surface area (Å²) in [4.78, 5) is 12.6. The van der Waals surface area contributed by atoms with E-state index in [0.717, 1.165) is 11.1 Å². The Balaban J connectivity index is 2.53. The quantitative estimate of drug-likeness (QED) is 0.784. The highest BCUT2D eigenvalue weighted by atomic mass is 35.5. The van der Waals surface area contributed by atoms with Crippen molar-refractivity contribution >= 4 is 17.4 Å². The van der Waals surface area contributed by atoms with Crippen molar-refractivity contribution in [3.05, 3.63) is 63.7 Å². The van der Waals surface area contributed by atoms with E-state index >= 15 is 0 Å². The largest absolute Gasteiger partial charge is 0.496 e. The molecule has 2 aromatic rings. The van der Waals surface area contributed by atoms with Crippen LogP contribution in [0.2, 0.25) is 5.02 Å². The minimum absolute atomic E-state index is 0.0466. The van der Waals surface area contributed by atoms with Crippen LogP contribution in [-0.4, -0.2) is 12.9 Å². The number of hydrogen-bond donors (Lipinski definition) is 0. The Morgan fingerprint density at radius 2 is 1.74 bits per heavy atom. The first-order chi connectivity index (χ1) is 9.04. The van der Waals surface area contributed by atoms with Crippen LogP contribution in [0.1, 0.15) is 27.0 Å². The molecule has 0 unspecified atom stereocenters. The van der Waals surface area contributed by atoms with E-state index in [4.69, 9.17) is 16.3 Å². The molecule has 0 spiro atoms. The van der Waals surface area contributed by atoms with Crippen LogP contribution in [0.5, 0.6) is 5.75 Å². The van der Waals surface area contributed by atoms with E-state index < -0.39 is 0 Å². The lowest BCUT2D eigenvalue weighted by molar-refractivity contribution is 0.103. The summed E-state index contributed by atoms with van der Waals surface area (Å²) in [5.74, 6) is 0.536. The molecule has 0 radical (unpaired) electrons. The maximum atomic E-state index is 12.6. The number of aryl methyl sites for hydroxylation is 2. The molecule has 0 bridgehead atoms. The second-order valence-corrected chi connectivity index (χ2v) is 4.85. The molecule has 3 heteroatoms. The van der Waals surface area contributed by atoms with E-state index in [2.05, 4.69) is 0 Å². The average molecular weight is 275 g/mol. The van der Waals surface area contributed by atoms with Crippen LogP contribution in [0.3, 0.4) is 0 Å². The van der Waals surface area contributed by atoms with Crippen LogP contribution >= 0.6 is 11.6 Å². The predicted molar refractivity (Wildman–Crippen MR) is 77.4 cm³/mol. The van der Waals surface area contributed by atoms with Crippen molar-refractivity contribution in [2.24, 2.45) is 0 Å². The zero-order valence-electron chi connectivity index (χ0n) is 11.2. The summed E-state index contributed by atoms with van der Waals surface area (Å²) in [7, 11) is 1.56. The lowest BCUT2D eigenvalue weighted by Crippen LogP contribution is -2.06. The summed E-state index contributed by atoms with van der Waals surface area (Å²) in [6, 6.07) is 10.9. The Labute approximate surface area is 118 Å². The summed E-state index contributed by atoms with van der Waals surface area (Å²) in [5, 5.41) is 0.675. The minimum Gasteiger partial charge on any atom is -0.496 e. The van der Waals surface area contributed by atoms with Crippen molar-refractivity contribution in [2.45, 2.75) is 13.8 Å². The molecule has 0 heterocycles. The highest BCUT2D eigenvalue weighted by Crippen LogP contribution is 2.26. The number of benzene rings is 2. The number of hydrogen-bond acceptors (Lipinski definition) is 2. The van der Waals surface area contributed by atoms with Crippen LogP contribution < -0.4 is 4.74 Å². The number of ketones is 1. The number of carbonyl (C=O) groups is 1. The van der Waals surface area contributed by atoms with Gasteiger partial charge in [0.2, 0.25) is 0 Å². The maximum absolute atomic E-state index is 12.6. The molecule has 0 aliphatic heterocycles. The van der Waals surface area contributed by atoms with Crippen molar-refractivity contribution < 1.29 is 9.53 Å². The van der Waals surface area contributed by atoms with E-state index in [1.165, 1.54) is 0 Å². The first-order valence-corrected chi connectivity index (χ1v) is 6.37. The van der Waals surface area contributed by atoms with E-state index in [9.17, 15) is 4.79 Å². The van der Waals surface area contributed by atoms with Gasteiger partial charge in [-0.15, -0.1) is 0 Å². The topological polar surface area (TPSA) is 26.3 Å². The molecule has 98 valence electrons. The van der Waals surface area contributed by atoms with Gasteiger partial charge >= 0.3 is 0 Å². The fourth-order valence-electron chi connectivity index (χ4n) is 2.00. The van der Waals surface area contributed by atoms with Gasteiger partial charge in [0.15, 0.2) is 5.78 Å². The molecule has 2 nitrogen and oxygen atoms in total. The molecule has 0 N–H and O–H groups in total. The van der Waals surface area contributed by atoms with Crippen molar-refractivity contribution in [3.63, 3.8) is 0 Å². The fraction of sp³-hybridized carbons (Fsp3) is 0.188. The third kappa shape index (κ3) is 2.64. The molecule has 0 amide bonds. The minimum atomic E-state index is -0.0466. The molecule has 0 aliphatic rings. The van der Waals surface area contributed by atoms with E-state index in [1.54, 1.807) is 19.2 Å². The Hall–Kier alpha value is -1.80. The van der Waals surface area contributed by atoms with E-state index in [0.29, 0.717) is 21.9 Å². The highest BCUT2D eigenvalue weighted by molar-refractivity contribution is 6.31. The number of methoxy groups -OCH3 is 1. The van der Waals surface area contributed by atoms with Crippen LogP contribution in [0.25, 0.3) is 0 Å². The smallest absolute Gasteiger partial charge is 0.197 e. The number of para-hydroxylation sites is 1. The van der Waals surface area contributed by atoms with Gasteiger partial charge in [-0.05, 0) is 49.2 Å². The third-order valence-electron chi connectivity index (χ3n) is 3.10. The Bertz CT molecular complexity index is 633. The molecule has 2 aromatic carbocycles. The summed E-state index contributed by atoms with van der Waals surface area (Å²) >= 11 is 6.06. The molecule has 2 rings (SSSR count). The van der Waals surface area contributed by atoms with Gasteiger partial charge in [0.25, 0.3) is 0 Å². The van der Waals surface area contributed by atoms with Gasteiger partial charge < -0.3 is 4.74 Å². The van der Waals surface area contributed by atoms with Crippen LogP contribution in [0.15, 0.2) is 36.4 Å². The molecule has 0 aromatic heterocycles. The molecule has 19 heavy (non-hydrogen) atoms. The van der Waals surface area contributed by atoms with Gasteiger partial charge in [0.1, 0.15) is 5.75 Å². The molecular formula is C16H15ClO2. The molecule has 0 saturated heterocycles. The molecule has 0 saturated carbocycles. The summed E-state index contributed by atoms with van der Waals surface area (Å²) in [5.41, 5.74) is 2.98.